The van der Waals surface area contributed by atoms with Crippen LogP contribution >= 0.6 is 23.8 Å². The number of hydrogen-bond acceptors (Lipinski definition) is 4. The van der Waals surface area contributed by atoms with Crippen molar-refractivity contribution < 1.29 is 53.8 Å². The van der Waals surface area contributed by atoms with Gasteiger partial charge in [-0.15, -0.1) is 0 Å². The first-order valence-electron chi connectivity index (χ1n) is 9.63. The fraction of sp³-hybridized carbons (Fsp3) is 0.400. The Hall–Kier alpha value is 0.470. The molecule has 1 aliphatic heterocycles. The van der Waals surface area contributed by atoms with E-state index >= 15 is 0 Å². The van der Waals surface area contributed by atoms with Crippen LogP contribution in [0.5, 0.6) is 11.5 Å². The van der Waals surface area contributed by atoms with Gasteiger partial charge in [0.05, 0.1) is 0 Å². The molecule has 0 spiro atoms. The first kappa shape index (κ1) is 23.1. The molecule has 1 heterocycles. The van der Waals surface area contributed by atoms with Crippen LogP contribution in [0.15, 0.2) is 48.5 Å². The minimum absolute atomic E-state index is 0.569. The fourth-order valence-electron chi connectivity index (χ4n) is 3.88. The zero-order valence-corrected chi connectivity index (χ0v) is 30.7. The summed E-state index contributed by atoms with van der Waals surface area (Å²) in [5, 5.41) is 0. The number of nitrogens with zero attached hydrogens (tertiary/aromatic N) is 2. The van der Waals surface area contributed by atoms with Crippen molar-refractivity contribution in [3.05, 3.63) is 48.5 Å². The van der Waals surface area contributed by atoms with Crippen LogP contribution in [0.1, 0.15) is 0 Å². The van der Waals surface area contributed by atoms with Gasteiger partial charge in [0.2, 0.25) is 0 Å². The van der Waals surface area contributed by atoms with Crippen LogP contribution in [-0.4, -0.2) is 39.4 Å². The molecule has 3 rings (SSSR count). The van der Waals surface area contributed by atoms with Gasteiger partial charge in [-0.3, -0.25) is 0 Å². The van der Waals surface area contributed by atoms with Crippen LogP contribution < -0.4 is 19.3 Å². The molecule has 2 aromatic carbocycles. The zero-order chi connectivity index (χ0) is 19.9. The number of hydrogen-bond donors (Lipinski definition) is 0. The Balaban J connectivity index is 1.87. The van der Waals surface area contributed by atoms with E-state index in [1.165, 1.54) is 19.2 Å². The molecule has 0 bridgehead atoms. The predicted octanol–water partition coefficient (Wildman–Crippen LogP) is 5.39. The molecule has 28 heavy (non-hydrogen) atoms. The maximum absolute atomic E-state index is 5.35. The molecular weight excluding hydrogens is 861 g/mol. The number of benzene rings is 2. The predicted molar refractivity (Wildman–Crippen MR) is 116 cm³/mol. The van der Waals surface area contributed by atoms with Crippen molar-refractivity contribution in [3.8, 4) is 11.5 Å². The van der Waals surface area contributed by atoms with Crippen molar-refractivity contribution in [2.75, 3.05) is 37.1 Å². The third kappa shape index (κ3) is 5.79. The normalized spacial score (nSPS) is 19.0. The second kappa shape index (κ2) is 11.8. The monoisotopic (exact) mass is 886 g/mol. The first-order chi connectivity index (χ1) is 13.7. The average molecular weight is 885 g/mol. The molecule has 8 heteroatoms. The standard InChI is InChI=1S/C20H24N2O2.2BrH.2Hg/c1-15-13-22(18-7-11-20(24-4)12-8-18)16(2)14-21(15)17-5-9-19(23-3)10-6-17;;;;/h5-12,15-16H,1-2,13-14H2,3-4H3;2*1H;;/q;;;2*+1/p-2/t15-,16+;;;;. The average Bonchev–Trinajstić information content (AvgIpc) is 2.75. The number of piperazine rings is 1. The van der Waals surface area contributed by atoms with Gasteiger partial charge >= 0.3 is 206 Å². The Labute approximate surface area is 203 Å². The van der Waals surface area contributed by atoms with Crippen molar-refractivity contribution in [1.29, 1.82) is 0 Å². The van der Waals surface area contributed by atoms with E-state index in [2.05, 4.69) is 82.1 Å². The van der Waals surface area contributed by atoms with Gasteiger partial charge < -0.3 is 0 Å². The van der Waals surface area contributed by atoms with Gasteiger partial charge in [-0.25, -0.2) is 0 Å². The molecule has 2 aromatic rings. The van der Waals surface area contributed by atoms with E-state index in [-0.39, 0.29) is 0 Å². The molecule has 0 aromatic heterocycles. The summed E-state index contributed by atoms with van der Waals surface area (Å²) >= 11 is 5.89. The summed E-state index contributed by atoms with van der Waals surface area (Å²) in [7, 11) is 3.45. The summed E-state index contributed by atoms with van der Waals surface area (Å²) in [5.74, 6) is 1.85. The van der Waals surface area contributed by atoms with Crippen molar-refractivity contribution >= 4 is 35.2 Å². The molecule has 0 aliphatic carbocycles. The van der Waals surface area contributed by atoms with Crippen LogP contribution in [0.25, 0.3) is 0 Å². The Morgan fingerprint density at radius 1 is 0.750 bits per heavy atom. The van der Waals surface area contributed by atoms with Crippen LogP contribution in [0, 0.1) is 0 Å². The quantitative estimate of drug-likeness (QED) is 0.333. The number of halogens is 2. The van der Waals surface area contributed by atoms with E-state index in [1.807, 2.05) is 0 Å². The van der Waals surface area contributed by atoms with E-state index < -0.39 is 44.3 Å². The molecule has 2 atom stereocenters. The van der Waals surface area contributed by atoms with Gasteiger partial charge in [-0.05, 0) is 0 Å². The maximum atomic E-state index is 5.35. The number of rotatable bonds is 8. The summed E-state index contributed by atoms with van der Waals surface area (Å²) in [4.78, 5) is 5.31. The molecule has 0 radical (unpaired) electrons. The molecule has 0 saturated carbocycles. The summed E-state index contributed by atoms with van der Waals surface area (Å²) in [6.07, 6.45) is 0. The second-order valence-corrected chi connectivity index (χ2v) is 28.3. The van der Waals surface area contributed by atoms with Crippen molar-refractivity contribution in [2.24, 2.45) is 0 Å². The van der Waals surface area contributed by atoms with Crippen LogP contribution in [0.2, 0.25) is 7.86 Å². The Morgan fingerprint density at radius 3 is 1.39 bits per heavy atom. The van der Waals surface area contributed by atoms with Crippen molar-refractivity contribution in [1.82, 2.24) is 0 Å². The van der Waals surface area contributed by atoms with E-state index in [0.29, 0.717) is 12.1 Å². The van der Waals surface area contributed by atoms with Crippen LogP contribution in [0.4, 0.5) is 11.4 Å². The van der Waals surface area contributed by atoms with Gasteiger partial charge in [0.15, 0.2) is 0 Å². The number of ether oxygens (including phenoxy) is 2. The van der Waals surface area contributed by atoms with Gasteiger partial charge in [0.1, 0.15) is 0 Å². The van der Waals surface area contributed by atoms with Crippen molar-refractivity contribution in [3.63, 3.8) is 0 Å². The third-order valence-electron chi connectivity index (χ3n) is 5.39. The number of anilines is 2. The summed E-state index contributed by atoms with van der Waals surface area (Å²) in [6.45, 7) is 2.19. The van der Waals surface area contributed by atoms with E-state index in [1.54, 1.807) is 14.2 Å². The molecule has 1 fully saturated rings. The summed E-state index contributed by atoms with van der Waals surface area (Å²) < 4.78 is 13.4. The molecule has 4 nitrogen and oxygen atoms in total. The molecular formula is C20H24Br2Hg2N2O2. The van der Waals surface area contributed by atoms with Gasteiger partial charge in [-0.2, -0.15) is 0 Å². The van der Waals surface area contributed by atoms with E-state index in [0.717, 1.165) is 24.6 Å². The SMILES string of the molecule is COc1ccc(N2C[C@H]([CH2][Hg][Br])N(c3ccc(OC)cc3)C[C@H]2[CH2][Hg][Br])cc1. The number of methoxy groups -OCH3 is 2. The van der Waals surface area contributed by atoms with Gasteiger partial charge in [0, 0.05) is 0 Å². The topological polar surface area (TPSA) is 24.9 Å². The van der Waals surface area contributed by atoms with Crippen molar-refractivity contribution in [2.45, 2.75) is 19.9 Å². The first-order valence-corrected chi connectivity index (χ1v) is 41.2. The molecule has 0 amide bonds. The van der Waals surface area contributed by atoms with Gasteiger partial charge in [0.25, 0.3) is 0 Å². The van der Waals surface area contributed by atoms with E-state index in [4.69, 9.17) is 9.47 Å². The minimum atomic E-state index is -0.949. The Morgan fingerprint density at radius 2 is 1.11 bits per heavy atom. The zero-order valence-electron chi connectivity index (χ0n) is 16.5. The molecule has 0 unspecified atom stereocenters. The third-order valence-corrected chi connectivity index (χ3v) is 20.3. The second-order valence-electron chi connectivity index (χ2n) is 6.96. The van der Waals surface area contributed by atoms with Crippen LogP contribution in [0.3, 0.4) is 0 Å². The Bertz CT molecular complexity index is 670. The molecule has 144 valence electrons. The van der Waals surface area contributed by atoms with Crippen LogP contribution in [-0.2, 0) is 44.3 Å². The molecule has 0 N–H and O–H groups in total. The fourth-order valence-corrected chi connectivity index (χ4v) is 19.0. The molecule has 1 aliphatic rings. The summed E-state index contributed by atoms with van der Waals surface area (Å²) in [6, 6.07) is 18.3. The Kier molecular flexibility index (Phi) is 9.71. The van der Waals surface area contributed by atoms with E-state index in [9.17, 15) is 0 Å². The molecule has 1 saturated heterocycles. The van der Waals surface area contributed by atoms with Gasteiger partial charge in [-0.1, -0.05) is 0 Å². The summed E-state index contributed by atoms with van der Waals surface area (Å²) in [5.41, 5.74) is 2.65.